The SMILES string of the molecule is Cc1ccc(-c2cc(N)c3nnc(C)n3n2)cc1NS(C)(=O)=O.Cl. The lowest BCUT2D eigenvalue weighted by atomic mass is 10.1. The van der Waals surface area contributed by atoms with E-state index in [9.17, 15) is 8.42 Å². The Labute approximate surface area is 145 Å². The molecule has 0 spiro atoms. The number of anilines is 2. The Morgan fingerprint density at radius 1 is 1.17 bits per heavy atom. The molecule has 8 nitrogen and oxygen atoms in total. The molecule has 0 unspecified atom stereocenters. The summed E-state index contributed by atoms with van der Waals surface area (Å²) in [5.74, 6) is 0.621. The minimum absolute atomic E-state index is 0. The number of nitrogen functional groups attached to an aromatic ring is 1. The zero-order chi connectivity index (χ0) is 16.8. The van der Waals surface area contributed by atoms with Crippen molar-refractivity contribution < 1.29 is 8.42 Å². The van der Waals surface area contributed by atoms with Gasteiger partial charge >= 0.3 is 0 Å². The Balaban J connectivity index is 0.00000208. The van der Waals surface area contributed by atoms with Crippen LogP contribution in [0.25, 0.3) is 16.9 Å². The lowest BCUT2D eigenvalue weighted by Crippen LogP contribution is -2.10. The number of nitrogens with one attached hydrogen (secondary N) is 1. The molecule has 0 aliphatic rings. The maximum Gasteiger partial charge on any atom is 0.229 e. The summed E-state index contributed by atoms with van der Waals surface area (Å²) < 4.78 is 27.0. The molecule has 3 aromatic rings. The Hall–Kier alpha value is -2.39. The molecule has 0 amide bonds. The van der Waals surface area contributed by atoms with E-state index in [4.69, 9.17) is 5.73 Å². The summed E-state index contributed by atoms with van der Waals surface area (Å²) in [6, 6.07) is 7.10. The van der Waals surface area contributed by atoms with Gasteiger partial charge in [0.25, 0.3) is 0 Å². The van der Waals surface area contributed by atoms with Crippen LogP contribution in [0.3, 0.4) is 0 Å². The Morgan fingerprint density at radius 2 is 1.88 bits per heavy atom. The van der Waals surface area contributed by atoms with Crippen molar-refractivity contribution in [1.82, 2.24) is 19.8 Å². The van der Waals surface area contributed by atoms with Crippen molar-refractivity contribution >= 4 is 39.5 Å². The van der Waals surface area contributed by atoms with Crippen molar-refractivity contribution in [3.8, 4) is 11.3 Å². The summed E-state index contributed by atoms with van der Waals surface area (Å²) in [6.07, 6.45) is 1.11. The molecule has 0 saturated carbocycles. The molecular weight excluding hydrogens is 352 g/mol. The van der Waals surface area contributed by atoms with E-state index in [2.05, 4.69) is 20.0 Å². The van der Waals surface area contributed by atoms with Crippen molar-refractivity contribution in [2.75, 3.05) is 16.7 Å². The van der Waals surface area contributed by atoms with E-state index in [0.717, 1.165) is 17.4 Å². The highest BCUT2D eigenvalue weighted by molar-refractivity contribution is 7.92. The summed E-state index contributed by atoms with van der Waals surface area (Å²) in [5, 5.41) is 12.4. The van der Waals surface area contributed by atoms with E-state index >= 15 is 0 Å². The molecule has 0 fully saturated rings. The van der Waals surface area contributed by atoms with Crippen LogP contribution < -0.4 is 10.5 Å². The second-order valence-electron chi connectivity index (χ2n) is 5.37. The molecule has 0 aliphatic carbocycles. The van der Waals surface area contributed by atoms with Crippen LogP contribution in [0.15, 0.2) is 24.3 Å². The van der Waals surface area contributed by atoms with Gasteiger partial charge in [-0.05, 0) is 31.5 Å². The quantitative estimate of drug-likeness (QED) is 0.728. The lowest BCUT2D eigenvalue weighted by Gasteiger charge is -2.10. The number of aromatic nitrogens is 4. The van der Waals surface area contributed by atoms with Crippen LogP contribution in [0.1, 0.15) is 11.4 Å². The molecule has 0 saturated heterocycles. The summed E-state index contributed by atoms with van der Waals surface area (Å²) in [4.78, 5) is 0. The Bertz CT molecular complexity index is 1020. The summed E-state index contributed by atoms with van der Waals surface area (Å²) in [5.41, 5.74) is 9.61. The van der Waals surface area contributed by atoms with Gasteiger partial charge < -0.3 is 5.73 Å². The molecule has 0 atom stereocenters. The zero-order valence-electron chi connectivity index (χ0n) is 13.3. The van der Waals surface area contributed by atoms with Crippen LogP contribution >= 0.6 is 12.4 Å². The first-order valence-corrected chi connectivity index (χ1v) is 8.71. The number of hydrogen-bond donors (Lipinski definition) is 2. The normalized spacial score (nSPS) is 11.3. The van der Waals surface area contributed by atoms with E-state index in [1.54, 1.807) is 23.6 Å². The maximum atomic E-state index is 11.5. The zero-order valence-corrected chi connectivity index (χ0v) is 14.9. The standard InChI is InChI=1S/C14H16N6O2S.ClH/c1-8-4-5-10(6-12(8)19-23(3,21)22)13-7-11(15)14-17-16-9(2)20(14)18-13;/h4-7,19H,15H2,1-3H3;1H. The van der Waals surface area contributed by atoms with Crippen LogP contribution in [0.2, 0.25) is 0 Å². The van der Waals surface area contributed by atoms with E-state index in [-0.39, 0.29) is 12.4 Å². The average Bonchev–Trinajstić information content (AvgIpc) is 2.82. The van der Waals surface area contributed by atoms with Crippen molar-refractivity contribution in [2.24, 2.45) is 0 Å². The fourth-order valence-corrected chi connectivity index (χ4v) is 2.86. The second-order valence-corrected chi connectivity index (χ2v) is 7.12. The van der Waals surface area contributed by atoms with Gasteiger partial charge in [0.05, 0.1) is 23.3 Å². The molecule has 3 rings (SSSR count). The predicted octanol–water partition coefficient (Wildman–Crippen LogP) is 1.78. The van der Waals surface area contributed by atoms with Gasteiger partial charge in [-0.2, -0.15) is 9.61 Å². The van der Waals surface area contributed by atoms with Crippen LogP contribution in [-0.2, 0) is 10.0 Å². The Kier molecular flexibility index (Phi) is 4.68. The number of sulfonamides is 1. The third-order valence-electron chi connectivity index (χ3n) is 3.38. The van der Waals surface area contributed by atoms with Crippen LogP contribution in [0.5, 0.6) is 0 Å². The van der Waals surface area contributed by atoms with Gasteiger partial charge in [-0.1, -0.05) is 12.1 Å². The van der Waals surface area contributed by atoms with Crippen molar-refractivity contribution in [3.05, 3.63) is 35.7 Å². The smallest absolute Gasteiger partial charge is 0.229 e. The topological polar surface area (TPSA) is 115 Å². The number of hydrogen-bond acceptors (Lipinski definition) is 6. The first-order valence-electron chi connectivity index (χ1n) is 6.82. The largest absolute Gasteiger partial charge is 0.396 e. The third-order valence-corrected chi connectivity index (χ3v) is 3.97. The lowest BCUT2D eigenvalue weighted by molar-refractivity contribution is 0.607. The molecule has 10 heteroatoms. The van der Waals surface area contributed by atoms with Gasteiger partial charge in [0.1, 0.15) is 0 Å². The predicted molar refractivity (Wildman–Crippen MR) is 95.8 cm³/mol. The van der Waals surface area contributed by atoms with Crippen molar-refractivity contribution in [3.63, 3.8) is 0 Å². The molecule has 2 heterocycles. The number of halogens is 1. The number of nitrogens with two attached hydrogens (primary N) is 1. The van der Waals surface area contributed by atoms with Crippen molar-refractivity contribution in [1.29, 1.82) is 0 Å². The number of aryl methyl sites for hydroxylation is 2. The monoisotopic (exact) mass is 368 g/mol. The first-order chi connectivity index (χ1) is 10.7. The highest BCUT2D eigenvalue weighted by atomic mass is 35.5. The third kappa shape index (κ3) is 3.41. The molecule has 0 radical (unpaired) electrons. The van der Waals surface area contributed by atoms with Gasteiger partial charge in [-0.3, -0.25) is 4.72 Å². The Morgan fingerprint density at radius 3 is 2.54 bits per heavy atom. The van der Waals surface area contributed by atoms with Crippen LogP contribution in [0, 0.1) is 13.8 Å². The highest BCUT2D eigenvalue weighted by Crippen LogP contribution is 2.26. The van der Waals surface area contributed by atoms with E-state index in [1.807, 2.05) is 19.1 Å². The highest BCUT2D eigenvalue weighted by Gasteiger charge is 2.12. The van der Waals surface area contributed by atoms with Crippen LogP contribution in [0.4, 0.5) is 11.4 Å². The second kappa shape index (κ2) is 6.25. The van der Waals surface area contributed by atoms with Gasteiger partial charge in [-0.25, -0.2) is 8.42 Å². The number of nitrogens with zero attached hydrogens (tertiary/aromatic N) is 4. The number of fused-ring (bicyclic) bond motifs is 1. The fraction of sp³-hybridized carbons (Fsp3) is 0.214. The first kappa shape index (κ1) is 18.0. The van der Waals surface area contributed by atoms with Gasteiger partial charge in [0.15, 0.2) is 5.82 Å². The van der Waals surface area contributed by atoms with E-state index < -0.39 is 10.0 Å². The molecule has 24 heavy (non-hydrogen) atoms. The van der Waals surface area contributed by atoms with Crippen LogP contribution in [-0.4, -0.2) is 34.5 Å². The molecule has 128 valence electrons. The van der Waals surface area contributed by atoms with Gasteiger partial charge in [-0.15, -0.1) is 22.6 Å². The minimum Gasteiger partial charge on any atom is -0.396 e. The molecule has 3 N–H and O–H groups in total. The van der Waals surface area contributed by atoms with E-state index in [0.29, 0.717) is 28.5 Å². The van der Waals surface area contributed by atoms with Gasteiger partial charge in [0.2, 0.25) is 15.7 Å². The number of benzene rings is 1. The molecular formula is C14H17ClN6O2S. The minimum atomic E-state index is -3.36. The van der Waals surface area contributed by atoms with Crippen molar-refractivity contribution in [2.45, 2.75) is 13.8 Å². The summed E-state index contributed by atoms with van der Waals surface area (Å²) in [7, 11) is -3.36. The molecule has 0 aliphatic heterocycles. The fourth-order valence-electron chi connectivity index (χ4n) is 2.24. The molecule has 1 aromatic carbocycles. The number of rotatable bonds is 3. The summed E-state index contributed by atoms with van der Waals surface area (Å²) >= 11 is 0. The molecule has 2 aromatic heterocycles. The maximum absolute atomic E-state index is 11.5. The molecule has 0 bridgehead atoms. The summed E-state index contributed by atoms with van der Waals surface area (Å²) in [6.45, 7) is 3.61. The van der Waals surface area contributed by atoms with Gasteiger partial charge in [0, 0.05) is 5.56 Å². The van der Waals surface area contributed by atoms with E-state index in [1.165, 1.54) is 0 Å². The average molecular weight is 369 g/mol.